The number of nitrogens with zero attached hydrogens (tertiary/aromatic N) is 2. The van der Waals surface area contributed by atoms with E-state index in [1.54, 1.807) is 0 Å². The molecule has 1 fully saturated rings. The Balaban J connectivity index is 2.09. The fourth-order valence-electron chi connectivity index (χ4n) is 1.09. The summed E-state index contributed by atoms with van der Waals surface area (Å²) in [5.74, 6) is 0. The molecular weight excluding hydrogens is 136 g/mol. The van der Waals surface area contributed by atoms with Gasteiger partial charge in [0.25, 0.3) is 0 Å². The topological polar surface area (TPSA) is 6.48 Å². The van der Waals surface area contributed by atoms with Gasteiger partial charge in [-0.05, 0) is 26.1 Å². The largest absolute Gasteiger partial charge is 0.384 e. The van der Waals surface area contributed by atoms with E-state index in [2.05, 4.69) is 29.1 Å². The SMILES string of the molecule is CN(C)C=CCN(C)C1CC1. The molecule has 0 aromatic carbocycles. The van der Waals surface area contributed by atoms with Crippen LogP contribution in [0.5, 0.6) is 0 Å². The minimum Gasteiger partial charge on any atom is -0.384 e. The maximum atomic E-state index is 2.40. The van der Waals surface area contributed by atoms with Crippen LogP contribution in [0, 0.1) is 0 Å². The van der Waals surface area contributed by atoms with Crippen LogP contribution in [-0.2, 0) is 0 Å². The summed E-state index contributed by atoms with van der Waals surface area (Å²) in [4.78, 5) is 4.47. The minimum atomic E-state index is 0.877. The van der Waals surface area contributed by atoms with Crippen LogP contribution in [-0.4, -0.2) is 43.5 Å². The van der Waals surface area contributed by atoms with Gasteiger partial charge in [0, 0.05) is 26.7 Å². The van der Waals surface area contributed by atoms with Crippen LogP contribution in [0.3, 0.4) is 0 Å². The Morgan fingerprint density at radius 2 is 1.91 bits per heavy atom. The minimum absolute atomic E-state index is 0.877. The van der Waals surface area contributed by atoms with E-state index in [1.165, 1.54) is 12.8 Å². The zero-order valence-electron chi connectivity index (χ0n) is 7.75. The average Bonchev–Trinajstić information content (AvgIpc) is 2.66. The van der Waals surface area contributed by atoms with E-state index in [-0.39, 0.29) is 0 Å². The average molecular weight is 154 g/mol. The van der Waals surface area contributed by atoms with Crippen molar-refractivity contribution in [2.75, 3.05) is 27.7 Å². The summed E-state index contributed by atoms with van der Waals surface area (Å²) in [6, 6.07) is 0.877. The van der Waals surface area contributed by atoms with Crippen molar-refractivity contribution >= 4 is 0 Å². The van der Waals surface area contributed by atoms with E-state index < -0.39 is 0 Å². The second-order valence-corrected chi connectivity index (χ2v) is 3.52. The fourth-order valence-corrected chi connectivity index (χ4v) is 1.09. The van der Waals surface area contributed by atoms with Gasteiger partial charge in [-0.1, -0.05) is 6.08 Å². The molecule has 1 aliphatic rings. The molecule has 64 valence electrons. The third kappa shape index (κ3) is 3.42. The van der Waals surface area contributed by atoms with Crippen molar-refractivity contribution in [3.63, 3.8) is 0 Å². The van der Waals surface area contributed by atoms with Gasteiger partial charge in [-0.15, -0.1) is 0 Å². The van der Waals surface area contributed by atoms with Crippen molar-refractivity contribution in [3.05, 3.63) is 12.3 Å². The lowest BCUT2D eigenvalue weighted by Gasteiger charge is -2.12. The van der Waals surface area contributed by atoms with Gasteiger partial charge in [-0.3, -0.25) is 4.90 Å². The second-order valence-electron chi connectivity index (χ2n) is 3.52. The van der Waals surface area contributed by atoms with Crippen LogP contribution in [0.1, 0.15) is 12.8 Å². The number of hydrogen-bond donors (Lipinski definition) is 0. The summed E-state index contributed by atoms with van der Waals surface area (Å²) >= 11 is 0. The van der Waals surface area contributed by atoms with E-state index in [0.29, 0.717) is 0 Å². The van der Waals surface area contributed by atoms with E-state index in [0.717, 1.165) is 12.6 Å². The second kappa shape index (κ2) is 3.77. The van der Waals surface area contributed by atoms with Gasteiger partial charge in [0.05, 0.1) is 0 Å². The molecule has 1 saturated carbocycles. The van der Waals surface area contributed by atoms with E-state index in [9.17, 15) is 0 Å². The first-order chi connectivity index (χ1) is 5.20. The Kier molecular flexibility index (Phi) is 2.94. The van der Waals surface area contributed by atoms with Gasteiger partial charge >= 0.3 is 0 Å². The lowest BCUT2D eigenvalue weighted by molar-refractivity contribution is 0.358. The third-order valence-electron chi connectivity index (χ3n) is 1.97. The molecule has 2 heteroatoms. The van der Waals surface area contributed by atoms with Crippen LogP contribution in [0.2, 0.25) is 0 Å². The van der Waals surface area contributed by atoms with Crippen molar-refractivity contribution in [1.82, 2.24) is 9.80 Å². The smallest absolute Gasteiger partial charge is 0.0180 e. The van der Waals surface area contributed by atoms with Crippen molar-refractivity contribution in [2.24, 2.45) is 0 Å². The molecule has 1 rings (SSSR count). The highest BCUT2D eigenvalue weighted by Crippen LogP contribution is 2.24. The molecule has 0 heterocycles. The normalized spacial score (nSPS) is 18.2. The van der Waals surface area contributed by atoms with Gasteiger partial charge < -0.3 is 4.90 Å². The molecule has 11 heavy (non-hydrogen) atoms. The highest BCUT2D eigenvalue weighted by Gasteiger charge is 2.24. The van der Waals surface area contributed by atoms with Crippen LogP contribution < -0.4 is 0 Å². The molecule has 0 saturated heterocycles. The molecule has 0 aromatic heterocycles. The number of hydrogen-bond acceptors (Lipinski definition) is 2. The molecule has 0 radical (unpaired) electrons. The zero-order valence-corrected chi connectivity index (χ0v) is 7.75. The Bertz CT molecular complexity index is 136. The van der Waals surface area contributed by atoms with Gasteiger partial charge in [-0.25, -0.2) is 0 Å². The van der Waals surface area contributed by atoms with Crippen molar-refractivity contribution in [2.45, 2.75) is 18.9 Å². The quantitative estimate of drug-likeness (QED) is 0.599. The van der Waals surface area contributed by atoms with Gasteiger partial charge in [0.2, 0.25) is 0 Å². The van der Waals surface area contributed by atoms with Crippen LogP contribution >= 0.6 is 0 Å². The summed E-state index contributed by atoms with van der Waals surface area (Å²) < 4.78 is 0. The highest BCUT2D eigenvalue weighted by atomic mass is 15.1. The molecule has 2 nitrogen and oxygen atoms in total. The standard InChI is InChI=1S/C9H18N2/c1-10(2)7-4-8-11(3)9-5-6-9/h4,7,9H,5-6,8H2,1-3H3. The van der Waals surface area contributed by atoms with Gasteiger partial charge in [0.1, 0.15) is 0 Å². The van der Waals surface area contributed by atoms with E-state index in [4.69, 9.17) is 0 Å². The fraction of sp³-hybridized carbons (Fsp3) is 0.778. The predicted octanol–water partition coefficient (Wildman–Crippen LogP) is 1.16. The van der Waals surface area contributed by atoms with Gasteiger partial charge in [0.15, 0.2) is 0 Å². The van der Waals surface area contributed by atoms with Crippen LogP contribution in [0.25, 0.3) is 0 Å². The third-order valence-corrected chi connectivity index (χ3v) is 1.97. The predicted molar refractivity (Wildman–Crippen MR) is 48.5 cm³/mol. The Labute approximate surface area is 69.5 Å². The van der Waals surface area contributed by atoms with Gasteiger partial charge in [-0.2, -0.15) is 0 Å². The van der Waals surface area contributed by atoms with E-state index in [1.807, 2.05) is 14.1 Å². The molecule has 0 amide bonds. The molecule has 0 spiro atoms. The molecule has 0 atom stereocenters. The summed E-state index contributed by atoms with van der Waals surface area (Å²) in [5.41, 5.74) is 0. The van der Waals surface area contributed by atoms with Crippen molar-refractivity contribution in [3.8, 4) is 0 Å². The van der Waals surface area contributed by atoms with Crippen molar-refractivity contribution < 1.29 is 0 Å². The number of likely N-dealkylation sites (N-methyl/N-ethyl adjacent to an activating group) is 1. The monoisotopic (exact) mass is 154 g/mol. The lowest BCUT2D eigenvalue weighted by atomic mass is 10.5. The number of rotatable bonds is 4. The summed E-state index contributed by atoms with van der Waals surface area (Å²) in [7, 11) is 6.29. The molecule has 0 N–H and O–H groups in total. The Morgan fingerprint density at radius 1 is 1.27 bits per heavy atom. The van der Waals surface area contributed by atoms with Crippen molar-refractivity contribution in [1.29, 1.82) is 0 Å². The first-order valence-electron chi connectivity index (χ1n) is 4.23. The maximum absolute atomic E-state index is 2.40. The molecular formula is C9H18N2. The molecule has 0 unspecified atom stereocenters. The summed E-state index contributed by atoms with van der Waals surface area (Å²) in [5, 5.41) is 0. The Morgan fingerprint density at radius 3 is 2.36 bits per heavy atom. The van der Waals surface area contributed by atoms with Crippen LogP contribution in [0.4, 0.5) is 0 Å². The first kappa shape index (κ1) is 8.60. The molecule has 0 bridgehead atoms. The highest BCUT2D eigenvalue weighted by molar-refractivity contribution is 4.89. The van der Waals surface area contributed by atoms with E-state index >= 15 is 0 Å². The molecule has 0 aromatic rings. The Hall–Kier alpha value is -0.500. The lowest BCUT2D eigenvalue weighted by Crippen LogP contribution is -2.20. The zero-order chi connectivity index (χ0) is 8.27. The summed E-state index contributed by atoms with van der Waals surface area (Å²) in [6.07, 6.45) is 7.11. The first-order valence-corrected chi connectivity index (χ1v) is 4.23. The summed E-state index contributed by atoms with van der Waals surface area (Å²) in [6.45, 7) is 1.09. The molecule has 0 aliphatic heterocycles. The maximum Gasteiger partial charge on any atom is 0.0180 e. The molecule has 1 aliphatic carbocycles. The van der Waals surface area contributed by atoms with Crippen LogP contribution in [0.15, 0.2) is 12.3 Å².